The minimum atomic E-state index is 0.991. The van der Waals surface area contributed by atoms with Crippen LogP contribution in [0.5, 0.6) is 0 Å². The highest BCUT2D eigenvalue weighted by Gasteiger charge is 2.02. The fourth-order valence-electron chi connectivity index (χ4n) is 1.35. The quantitative estimate of drug-likeness (QED) is 0.569. The number of rotatable bonds is 0. The molecule has 2 heterocycles. The maximum Gasteiger partial charge on any atom is 0.105 e. The molecule has 58 valence electrons. The summed E-state index contributed by atoms with van der Waals surface area (Å²) in [6.45, 7) is 0. The van der Waals surface area contributed by atoms with E-state index in [4.69, 9.17) is 0 Å². The highest BCUT2D eigenvalue weighted by Crippen LogP contribution is 2.23. The van der Waals surface area contributed by atoms with Gasteiger partial charge in [0, 0.05) is 16.2 Å². The molecule has 2 aromatic heterocycles. The van der Waals surface area contributed by atoms with Gasteiger partial charge in [0.15, 0.2) is 0 Å². The first-order valence-electron chi connectivity index (χ1n) is 3.61. The third kappa shape index (κ3) is 0.648. The molecule has 0 saturated carbocycles. The van der Waals surface area contributed by atoms with Crippen LogP contribution in [0.15, 0.2) is 23.7 Å². The van der Waals surface area contributed by atoms with Gasteiger partial charge in [0.2, 0.25) is 0 Å². The van der Waals surface area contributed by atoms with Crippen molar-refractivity contribution in [1.82, 2.24) is 14.6 Å². The summed E-state index contributed by atoms with van der Waals surface area (Å²) >= 11 is 1.58. The third-order valence-corrected chi connectivity index (χ3v) is 2.64. The Morgan fingerprint density at radius 3 is 3.33 bits per heavy atom. The summed E-state index contributed by atoms with van der Waals surface area (Å²) in [5, 5.41) is 12.3. The van der Waals surface area contributed by atoms with Crippen LogP contribution in [0.1, 0.15) is 0 Å². The van der Waals surface area contributed by atoms with E-state index >= 15 is 0 Å². The molecule has 0 fully saturated rings. The summed E-state index contributed by atoms with van der Waals surface area (Å²) in [7, 11) is 0. The SMILES string of the molecule is c1cc2[nH]scc2c2nncc12. The standard InChI is InChI=1S/C8H5N3S/c1-2-7-6(4-12-11-7)8-5(1)3-9-10-8/h1-4,11H. The van der Waals surface area contributed by atoms with E-state index in [9.17, 15) is 0 Å². The molecule has 0 radical (unpaired) electrons. The predicted octanol–water partition coefficient (Wildman–Crippen LogP) is 2.17. The summed E-state index contributed by atoms with van der Waals surface area (Å²) in [5.41, 5.74) is 2.12. The van der Waals surface area contributed by atoms with Gasteiger partial charge in [0.1, 0.15) is 5.52 Å². The van der Waals surface area contributed by atoms with Gasteiger partial charge in [-0.3, -0.25) is 0 Å². The smallest absolute Gasteiger partial charge is 0.105 e. The van der Waals surface area contributed by atoms with Gasteiger partial charge in [-0.05, 0) is 12.1 Å². The zero-order valence-corrected chi connectivity index (χ0v) is 6.93. The Morgan fingerprint density at radius 2 is 2.33 bits per heavy atom. The lowest BCUT2D eigenvalue weighted by molar-refractivity contribution is 1.12. The molecule has 0 atom stereocenters. The van der Waals surface area contributed by atoms with E-state index in [0.29, 0.717) is 0 Å². The molecule has 1 N–H and O–H groups in total. The Balaban J connectivity index is 2.71. The predicted molar refractivity (Wildman–Crippen MR) is 49.3 cm³/mol. The van der Waals surface area contributed by atoms with E-state index in [2.05, 4.69) is 26.0 Å². The molecule has 0 saturated heterocycles. The lowest BCUT2D eigenvalue weighted by Gasteiger charge is -1.88. The first-order valence-corrected chi connectivity index (χ1v) is 4.49. The Bertz CT molecular complexity index is 487. The number of nitrogens with one attached hydrogen (secondary N) is 1. The van der Waals surface area contributed by atoms with Crippen molar-refractivity contribution in [2.24, 2.45) is 0 Å². The van der Waals surface area contributed by atoms with E-state index in [1.165, 1.54) is 0 Å². The van der Waals surface area contributed by atoms with E-state index in [0.717, 1.165) is 21.8 Å². The monoisotopic (exact) mass is 175 g/mol. The second-order valence-corrected chi connectivity index (χ2v) is 3.32. The van der Waals surface area contributed by atoms with Crippen molar-refractivity contribution >= 4 is 33.3 Å². The van der Waals surface area contributed by atoms with Crippen molar-refractivity contribution < 1.29 is 0 Å². The maximum atomic E-state index is 4.06. The van der Waals surface area contributed by atoms with Crippen LogP contribution < -0.4 is 0 Å². The number of aromatic nitrogens is 3. The molecule has 3 nitrogen and oxygen atoms in total. The lowest BCUT2D eigenvalue weighted by atomic mass is 10.2. The summed E-state index contributed by atoms with van der Waals surface area (Å²) < 4.78 is 3.18. The van der Waals surface area contributed by atoms with Crippen molar-refractivity contribution in [3.05, 3.63) is 23.7 Å². The number of fused-ring (bicyclic) bond motifs is 3. The molecule has 4 heteroatoms. The highest BCUT2D eigenvalue weighted by atomic mass is 32.1. The summed E-state index contributed by atoms with van der Waals surface area (Å²) in [5.74, 6) is 0. The van der Waals surface area contributed by atoms with Crippen LogP contribution >= 0.6 is 11.5 Å². The summed E-state index contributed by atoms with van der Waals surface area (Å²) in [6.07, 6.45) is 1.78. The minimum absolute atomic E-state index is 0.991. The van der Waals surface area contributed by atoms with Gasteiger partial charge in [-0.25, -0.2) is 0 Å². The van der Waals surface area contributed by atoms with Gasteiger partial charge in [-0.2, -0.15) is 5.10 Å². The van der Waals surface area contributed by atoms with Crippen LogP contribution in [0, 0.1) is 0 Å². The first kappa shape index (κ1) is 6.14. The second-order valence-electron chi connectivity index (χ2n) is 2.65. The third-order valence-electron chi connectivity index (χ3n) is 1.95. The van der Waals surface area contributed by atoms with Gasteiger partial charge in [-0.1, -0.05) is 11.5 Å². The molecule has 0 bridgehead atoms. The Hall–Kier alpha value is -1.42. The molecule has 3 rings (SSSR count). The lowest BCUT2D eigenvalue weighted by Crippen LogP contribution is -1.70. The van der Waals surface area contributed by atoms with Crippen LogP contribution in [-0.4, -0.2) is 14.6 Å². The summed E-state index contributed by atoms with van der Waals surface area (Å²) in [4.78, 5) is 0. The van der Waals surface area contributed by atoms with E-state index < -0.39 is 0 Å². The van der Waals surface area contributed by atoms with E-state index in [-0.39, 0.29) is 0 Å². The molecule has 12 heavy (non-hydrogen) atoms. The van der Waals surface area contributed by atoms with E-state index in [1.54, 1.807) is 17.7 Å². The average molecular weight is 175 g/mol. The number of benzene rings is 1. The second kappa shape index (κ2) is 2.04. The van der Waals surface area contributed by atoms with Crippen LogP contribution in [0.3, 0.4) is 0 Å². The Kier molecular flexibility index (Phi) is 1.04. The van der Waals surface area contributed by atoms with Gasteiger partial charge in [-0.15, -0.1) is 5.10 Å². The molecule has 0 aliphatic rings. The molecule has 0 aliphatic heterocycles. The van der Waals surface area contributed by atoms with Gasteiger partial charge >= 0.3 is 0 Å². The number of nitrogens with zero attached hydrogens (tertiary/aromatic N) is 2. The van der Waals surface area contributed by atoms with Crippen molar-refractivity contribution in [2.45, 2.75) is 0 Å². The Morgan fingerprint density at radius 1 is 1.33 bits per heavy atom. The molecule has 0 spiro atoms. The fourth-order valence-corrected chi connectivity index (χ4v) is 2.07. The number of aromatic amines is 1. The minimum Gasteiger partial charge on any atom is -0.311 e. The first-order chi connectivity index (χ1) is 5.95. The number of hydrogen-bond donors (Lipinski definition) is 1. The van der Waals surface area contributed by atoms with E-state index in [1.807, 2.05) is 6.07 Å². The van der Waals surface area contributed by atoms with Crippen LogP contribution in [0.2, 0.25) is 0 Å². The highest BCUT2D eigenvalue weighted by molar-refractivity contribution is 7.04. The topological polar surface area (TPSA) is 41.6 Å². The average Bonchev–Trinajstić information content (AvgIpc) is 2.71. The molecule has 0 unspecified atom stereocenters. The van der Waals surface area contributed by atoms with Crippen LogP contribution in [0.4, 0.5) is 0 Å². The molecule has 0 amide bonds. The zero-order valence-electron chi connectivity index (χ0n) is 6.11. The Labute approximate surface area is 72.2 Å². The van der Waals surface area contributed by atoms with Crippen LogP contribution in [0.25, 0.3) is 21.8 Å². The maximum absolute atomic E-state index is 4.06. The molecule has 3 aromatic rings. The summed E-state index contributed by atoms with van der Waals surface area (Å²) in [6, 6.07) is 4.08. The van der Waals surface area contributed by atoms with Gasteiger partial charge in [0.05, 0.1) is 11.7 Å². The van der Waals surface area contributed by atoms with Gasteiger partial charge < -0.3 is 4.37 Å². The number of hydrogen-bond acceptors (Lipinski definition) is 3. The zero-order chi connectivity index (χ0) is 7.97. The van der Waals surface area contributed by atoms with Gasteiger partial charge in [0.25, 0.3) is 0 Å². The normalized spacial score (nSPS) is 11.3. The molecule has 1 aromatic carbocycles. The van der Waals surface area contributed by atoms with Crippen molar-refractivity contribution in [3.63, 3.8) is 0 Å². The van der Waals surface area contributed by atoms with Crippen molar-refractivity contribution in [2.75, 3.05) is 0 Å². The molecule has 0 aliphatic carbocycles. The fraction of sp³-hybridized carbons (Fsp3) is 0. The van der Waals surface area contributed by atoms with Crippen molar-refractivity contribution in [1.29, 1.82) is 0 Å². The number of H-pyrrole nitrogens is 1. The molecular formula is C8H5N3S. The van der Waals surface area contributed by atoms with Crippen LogP contribution in [-0.2, 0) is 0 Å². The molecular weight excluding hydrogens is 170 g/mol. The van der Waals surface area contributed by atoms with Crippen molar-refractivity contribution in [3.8, 4) is 0 Å². The largest absolute Gasteiger partial charge is 0.311 e.